The molecule has 0 aliphatic carbocycles. The van der Waals surface area contributed by atoms with Gasteiger partial charge in [0.05, 0.1) is 35.4 Å². The number of para-hydroxylation sites is 2. The van der Waals surface area contributed by atoms with Crippen LogP contribution in [-0.2, 0) is 0 Å². The standard InChI is InChI=1S/C17H21N3O2.C13H14BrN3O/c1-5-8-14(21)13-11-18-16(19-17(13)20(2)3)12-9-6-7-10-15(12)22-4;1-17(2)13-10(14)8-15-12(16-13)9-6-4-5-7-11(9)18-3/h6-7,9-11H,5,8H2,1-4H3;4-8H,1-3H3. The third kappa shape index (κ3) is 7.32. The third-order valence-corrected chi connectivity index (χ3v) is 6.37. The molecule has 0 fully saturated rings. The van der Waals surface area contributed by atoms with Crippen LogP contribution in [-0.4, -0.2) is 68.1 Å². The summed E-state index contributed by atoms with van der Waals surface area (Å²) in [7, 11) is 10.9. The minimum absolute atomic E-state index is 0.0674. The van der Waals surface area contributed by atoms with E-state index in [1.54, 1.807) is 26.6 Å². The number of rotatable bonds is 9. The summed E-state index contributed by atoms with van der Waals surface area (Å²) in [4.78, 5) is 33.8. The van der Waals surface area contributed by atoms with Crippen LogP contribution in [0.1, 0.15) is 30.1 Å². The molecule has 4 aromatic rings. The Hall–Kier alpha value is -4.05. The Kier molecular flexibility index (Phi) is 11.0. The second-order valence-corrected chi connectivity index (χ2v) is 10.0. The van der Waals surface area contributed by atoms with Gasteiger partial charge in [-0.05, 0) is 46.6 Å². The minimum Gasteiger partial charge on any atom is -0.496 e. The Morgan fingerprint density at radius 1 is 0.775 bits per heavy atom. The van der Waals surface area contributed by atoms with Gasteiger partial charge in [0.1, 0.15) is 23.1 Å². The van der Waals surface area contributed by atoms with E-state index >= 15 is 0 Å². The molecular weight excluding hydrogens is 572 g/mol. The van der Waals surface area contributed by atoms with Crippen molar-refractivity contribution in [2.24, 2.45) is 0 Å². The van der Waals surface area contributed by atoms with Gasteiger partial charge in [-0.1, -0.05) is 31.2 Å². The second kappa shape index (κ2) is 14.4. The molecule has 40 heavy (non-hydrogen) atoms. The second-order valence-electron chi connectivity index (χ2n) is 9.16. The molecule has 0 aliphatic heterocycles. The lowest BCUT2D eigenvalue weighted by atomic mass is 10.1. The SMILES string of the molecule is CCCC(=O)c1cnc(-c2ccccc2OC)nc1N(C)C.COc1ccccc1-c1ncc(Br)c(N(C)C)n1. The number of ketones is 1. The maximum absolute atomic E-state index is 12.2. The summed E-state index contributed by atoms with van der Waals surface area (Å²) in [5.74, 6) is 4.22. The Morgan fingerprint density at radius 3 is 1.73 bits per heavy atom. The van der Waals surface area contributed by atoms with E-state index in [2.05, 4.69) is 35.9 Å². The van der Waals surface area contributed by atoms with Crippen molar-refractivity contribution in [1.82, 2.24) is 19.9 Å². The number of methoxy groups -OCH3 is 2. The molecule has 0 bridgehead atoms. The number of halogens is 1. The molecule has 0 radical (unpaired) electrons. The molecule has 4 rings (SSSR count). The Bertz CT molecular complexity index is 1440. The van der Waals surface area contributed by atoms with Crippen molar-refractivity contribution in [3.63, 3.8) is 0 Å². The summed E-state index contributed by atoms with van der Waals surface area (Å²) in [5.41, 5.74) is 2.25. The smallest absolute Gasteiger partial charge is 0.168 e. The molecule has 0 unspecified atom stereocenters. The van der Waals surface area contributed by atoms with E-state index in [4.69, 9.17) is 9.47 Å². The van der Waals surface area contributed by atoms with Crippen molar-refractivity contribution >= 4 is 33.3 Å². The predicted octanol–water partition coefficient (Wildman–Crippen LogP) is 6.18. The molecule has 2 aromatic carbocycles. The van der Waals surface area contributed by atoms with Gasteiger partial charge in [-0.2, -0.15) is 0 Å². The predicted molar refractivity (Wildman–Crippen MR) is 164 cm³/mol. The highest BCUT2D eigenvalue weighted by atomic mass is 79.9. The van der Waals surface area contributed by atoms with Gasteiger partial charge in [0.2, 0.25) is 0 Å². The minimum atomic E-state index is 0.0674. The number of aromatic nitrogens is 4. The topological polar surface area (TPSA) is 93.6 Å². The van der Waals surface area contributed by atoms with Gasteiger partial charge in [-0.15, -0.1) is 0 Å². The van der Waals surface area contributed by atoms with E-state index in [0.717, 1.165) is 33.6 Å². The molecule has 0 atom stereocenters. The van der Waals surface area contributed by atoms with Gasteiger partial charge >= 0.3 is 0 Å². The fourth-order valence-electron chi connectivity index (χ4n) is 3.86. The molecule has 2 heterocycles. The van der Waals surface area contributed by atoms with E-state index in [0.29, 0.717) is 35.2 Å². The third-order valence-electron chi connectivity index (χ3n) is 5.81. The van der Waals surface area contributed by atoms with E-state index in [1.165, 1.54) is 0 Å². The first-order valence-corrected chi connectivity index (χ1v) is 13.5. The largest absolute Gasteiger partial charge is 0.496 e. The number of hydrogen-bond acceptors (Lipinski definition) is 9. The summed E-state index contributed by atoms with van der Waals surface area (Å²) in [6.45, 7) is 1.98. The Morgan fingerprint density at radius 2 is 1.25 bits per heavy atom. The molecule has 0 amide bonds. The average Bonchev–Trinajstić information content (AvgIpc) is 2.97. The summed E-state index contributed by atoms with van der Waals surface area (Å²) in [5, 5.41) is 0. The average molecular weight is 608 g/mol. The van der Waals surface area contributed by atoms with Crippen molar-refractivity contribution in [1.29, 1.82) is 0 Å². The van der Waals surface area contributed by atoms with Gasteiger partial charge in [-0.3, -0.25) is 4.79 Å². The molecule has 9 nitrogen and oxygen atoms in total. The van der Waals surface area contributed by atoms with E-state index in [-0.39, 0.29) is 5.78 Å². The van der Waals surface area contributed by atoms with Crippen LogP contribution in [0.25, 0.3) is 22.8 Å². The van der Waals surface area contributed by atoms with Crippen LogP contribution in [0.2, 0.25) is 0 Å². The molecule has 0 spiro atoms. The van der Waals surface area contributed by atoms with E-state index < -0.39 is 0 Å². The van der Waals surface area contributed by atoms with Crippen molar-refractivity contribution in [2.75, 3.05) is 52.2 Å². The maximum Gasteiger partial charge on any atom is 0.168 e. The fraction of sp³-hybridized carbons (Fsp3) is 0.300. The van der Waals surface area contributed by atoms with Crippen LogP contribution in [0.4, 0.5) is 11.6 Å². The lowest BCUT2D eigenvalue weighted by molar-refractivity contribution is 0.0981. The normalized spacial score (nSPS) is 10.3. The monoisotopic (exact) mass is 606 g/mol. The number of anilines is 2. The summed E-state index contributed by atoms with van der Waals surface area (Å²) in [6.07, 6.45) is 4.67. The summed E-state index contributed by atoms with van der Waals surface area (Å²) in [6, 6.07) is 15.3. The van der Waals surface area contributed by atoms with Gasteiger partial charge in [0, 0.05) is 47.0 Å². The van der Waals surface area contributed by atoms with Crippen molar-refractivity contribution in [2.45, 2.75) is 19.8 Å². The van der Waals surface area contributed by atoms with E-state index in [9.17, 15) is 4.79 Å². The Labute approximate surface area is 244 Å². The van der Waals surface area contributed by atoms with Crippen LogP contribution in [0, 0.1) is 0 Å². The molecule has 0 saturated carbocycles. The van der Waals surface area contributed by atoms with Crippen molar-refractivity contribution in [3.8, 4) is 34.3 Å². The highest BCUT2D eigenvalue weighted by Gasteiger charge is 2.18. The fourth-order valence-corrected chi connectivity index (χ4v) is 4.41. The molecule has 10 heteroatoms. The van der Waals surface area contributed by atoms with Crippen LogP contribution in [0.5, 0.6) is 11.5 Å². The van der Waals surface area contributed by atoms with E-state index in [1.807, 2.05) is 93.4 Å². The molecular formula is C30H35BrN6O3. The lowest BCUT2D eigenvalue weighted by Gasteiger charge is -2.16. The van der Waals surface area contributed by atoms with Crippen LogP contribution >= 0.6 is 15.9 Å². The van der Waals surface area contributed by atoms with Crippen LogP contribution in [0.3, 0.4) is 0 Å². The summed E-state index contributed by atoms with van der Waals surface area (Å²) >= 11 is 3.44. The first kappa shape index (κ1) is 30.5. The molecule has 210 valence electrons. The number of hydrogen-bond donors (Lipinski definition) is 0. The first-order chi connectivity index (χ1) is 19.2. The van der Waals surface area contributed by atoms with Crippen LogP contribution < -0.4 is 19.3 Å². The Balaban J connectivity index is 0.000000225. The summed E-state index contributed by atoms with van der Waals surface area (Å²) < 4.78 is 11.5. The van der Waals surface area contributed by atoms with Crippen molar-refractivity contribution < 1.29 is 14.3 Å². The zero-order valence-electron chi connectivity index (χ0n) is 24.0. The molecule has 0 saturated heterocycles. The molecule has 2 aromatic heterocycles. The number of carbonyl (C=O) groups is 1. The van der Waals surface area contributed by atoms with Gasteiger partial charge in [0.25, 0.3) is 0 Å². The number of ether oxygens (including phenoxy) is 2. The number of carbonyl (C=O) groups excluding carboxylic acids is 1. The number of nitrogens with zero attached hydrogens (tertiary/aromatic N) is 6. The van der Waals surface area contributed by atoms with Gasteiger partial charge in [0.15, 0.2) is 17.4 Å². The first-order valence-electron chi connectivity index (χ1n) is 12.8. The zero-order chi connectivity index (χ0) is 29.2. The molecule has 0 aliphatic rings. The maximum atomic E-state index is 12.2. The van der Waals surface area contributed by atoms with Crippen molar-refractivity contribution in [3.05, 3.63) is 71.0 Å². The van der Waals surface area contributed by atoms with Gasteiger partial charge < -0.3 is 19.3 Å². The quantitative estimate of drug-likeness (QED) is 0.207. The number of Topliss-reactive ketones (excluding diaryl/α,β-unsaturated/α-hetero) is 1. The molecule has 0 N–H and O–H groups in total. The van der Waals surface area contributed by atoms with Crippen LogP contribution in [0.15, 0.2) is 65.4 Å². The number of benzene rings is 2. The highest BCUT2D eigenvalue weighted by Crippen LogP contribution is 2.31. The highest BCUT2D eigenvalue weighted by molar-refractivity contribution is 9.10. The lowest BCUT2D eigenvalue weighted by Crippen LogP contribution is -2.17. The van der Waals surface area contributed by atoms with Gasteiger partial charge in [-0.25, -0.2) is 19.9 Å². The zero-order valence-corrected chi connectivity index (χ0v) is 25.6.